The average Bonchev–Trinajstić information content (AvgIpc) is 2.74. The summed E-state index contributed by atoms with van der Waals surface area (Å²) in [5.74, 6) is 0. The summed E-state index contributed by atoms with van der Waals surface area (Å²) >= 11 is 1.42. The minimum atomic E-state index is 0.711. The molecule has 0 aromatic carbocycles. The van der Waals surface area contributed by atoms with Crippen molar-refractivity contribution in [2.45, 2.75) is 19.8 Å². The molecule has 0 aliphatic heterocycles. The lowest BCUT2D eigenvalue weighted by molar-refractivity contribution is 0.890. The summed E-state index contributed by atoms with van der Waals surface area (Å²) in [6.45, 7) is 2.08. The largest absolute Gasteiger partial charge is 0.254 e. The van der Waals surface area contributed by atoms with E-state index >= 15 is 0 Å². The van der Waals surface area contributed by atoms with Crippen molar-refractivity contribution in [2.24, 2.45) is 0 Å². The molecule has 4 heteroatoms. The van der Waals surface area contributed by atoms with E-state index in [0.29, 0.717) is 4.88 Å². The molecule has 0 amide bonds. The van der Waals surface area contributed by atoms with Crippen molar-refractivity contribution >= 4 is 11.3 Å². The number of hydrogen-bond acceptors (Lipinski definition) is 4. The van der Waals surface area contributed by atoms with Gasteiger partial charge >= 0.3 is 0 Å². The van der Waals surface area contributed by atoms with Crippen LogP contribution in [0.5, 0.6) is 0 Å². The van der Waals surface area contributed by atoms with Gasteiger partial charge in [-0.3, -0.25) is 4.98 Å². The molecule has 0 aliphatic carbocycles. The van der Waals surface area contributed by atoms with Crippen molar-refractivity contribution in [3.63, 3.8) is 0 Å². The third-order valence-electron chi connectivity index (χ3n) is 2.17. The molecule has 0 saturated heterocycles. The standard InChI is InChI=1S/C12H11N3S/c1-2-5-9-11(8-13)16-12(15-9)10-6-3-4-7-14-10/h3-4,6-7H,2,5H2,1H3. The zero-order chi connectivity index (χ0) is 11.4. The molecule has 0 spiro atoms. The topological polar surface area (TPSA) is 49.6 Å². The molecule has 0 N–H and O–H groups in total. The predicted octanol–water partition coefficient (Wildman–Crippen LogP) is 3.03. The summed E-state index contributed by atoms with van der Waals surface area (Å²) in [5.41, 5.74) is 1.74. The van der Waals surface area contributed by atoms with Gasteiger partial charge in [0.15, 0.2) is 0 Å². The second-order valence-corrected chi connectivity index (χ2v) is 4.37. The third-order valence-corrected chi connectivity index (χ3v) is 3.19. The van der Waals surface area contributed by atoms with Crippen LogP contribution >= 0.6 is 11.3 Å². The maximum absolute atomic E-state index is 9.01. The van der Waals surface area contributed by atoms with E-state index in [1.165, 1.54) is 11.3 Å². The van der Waals surface area contributed by atoms with E-state index in [9.17, 15) is 0 Å². The van der Waals surface area contributed by atoms with Crippen LogP contribution in [0.25, 0.3) is 10.7 Å². The molecular formula is C12H11N3S. The van der Waals surface area contributed by atoms with E-state index in [2.05, 4.69) is 23.0 Å². The first-order valence-electron chi connectivity index (χ1n) is 5.16. The second kappa shape index (κ2) is 4.86. The van der Waals surface area contributed by atoms with Gasteiger partial charge in [-0.1, -0.05) is 19.4 Å². The number of thiazole rings is 1. The minimum absolute atomic E-state index is 0.711. The van der Waals surface area contributed by atoms with E-state index in [4.69, 9.17) is 5.26 Å². The molecule has 0 aliphatic rings. The summed E-state index contributed by atoms with van der Waals surface area (Å²) in [6.07, 6.45) is 3.59. The summed E-state index contributed by atoms with van der Waals surface area (Å²) in [4.78, 5) is 9.42. The van der Waals surface area contributed by atoms with Gasteiger partial charge in [0.1, 0.15) is 16.0 Å². The highest BCUT2D eigenvalue weighted by Crippen LogP contribution is 2.26. The normalized spacial score (nSPS) is 10.0. The van der Waals surface area contributed by atoms with Crippen LogP contribution in [0.2, 0.25) is 0 Å². The summed E-state index contributed by atoms with van der Waals surface area (Å²) in [6, 6.07) is 7.91. The van der Waals surface area contributed by atoms with Crippen molar-refractivity contribution < 1.29 is 0 Å². The van der Waals surface area contributed by atoms with E-state index < -0.39 is 0 Å². The molecule has 0 atom stereocenters. The zero-order valence-corrected chi connectivity index (χ0v) is 9.79. The molecule has 0 bridgehead atoms. The summed E-state index contributed by atoms with van der Waals surface area (Å²) < 4.78 is 0. The minimum Gasteiger partial charge on any atom is -0.254 e. The highest BCUT2D eigenvalue weighted by Gasteiger charge is 2.11. The fourth-order valence-electron chi connectivity index (χ4n) is 1.44. The van der Waals surface area contributed by atoms with Gasteiger partial charge in [0.05, 0.1) is 11.4 Å². The SMILES string of the molecule is CCCc1nc(-c2ccccn2)sc1C#N. The van der Waals surface area contributed by atoms with Gasteiger partial charge in [0.25, 0.3) is 0 Å². The molecule has 2 heterocycles. The molecule has 2 aromatic rings. The molecular weight excluding hydrogens is 218 g/mol. The first-order valence-corrected chi connectivity index (χ1v) is 5.98. The van der Waals surface area contributed by atoms with Gasteiger partial charge < -0.3 is 0 Å². The smallest absolute Gasteiger partial charge is 0.143 e. The monoisotopic (exact) mass is 229 g/mol. The third kappa shape index (κ3) is 2.10. The fraction of sp³-hybridized carbons (Fsp3) is 0.250. The average molecular weight is 229 g/mol. The Bertz CT molecular complexity index is 511. The molecule has 2 rings (SSSR count). The van der Waals surface area contributed by atoms with Crippen LogP contribution < -0.4 is 0 Å². The summed E-state index contributed by atoms with van der Waals surface area (Å²) in [7, 11) is 0. The van der Waals surface area contributed by atoms with Crippen molar-refractivity contribution in [2.75, 3.05) is 0 Å². The van der Waals surface area contributed by atoms with Gasteiger partial charge in [-0.2, -0.15) is 5.26 Å². The van der Waals surface area contributed by atoms with Crippen LogP contribution in [0, 0.1) is 11.3 Å². The van der Waals surface area contributed by atoms with E-state index in [0.717, 1.165) is 29.2 Å². The molecule has 80 valence electrons. The van der Waals surface area contributed by atoms with Crippen LogP contribution in [-0.2, 0) is 6.42 Å². The first-order chi connectivity index (χ1) is 7.85. The Morgan fingerprint density at radius 3 is 2.94 bits per heavy atom. The Morgan fingerprint density at radius 2 is 2.31 bits per heavy atom. The number of aryl methyl sites for hydroxylation is 1. The number of nitriles is 1. The van der Waals surface area contributed by atoms with Gasteiger partial charge in [-0.05, 0) is 18.6 Å². The fourth-order valence-corrected chi connectivity index (χ4v) is 2.33. The highest BCUT2D eigenvalue weighted by molar-refractivity contribution is 7.15. The van der Waals surface area contributed by atoms with Crippen LogP contribution in [0.4, 0.5) is 0 Å². The van der Waals surface area contributed by atoms with Gasteiger partial charge in [0, 0.05) is 6.20 Å². The Balaban J connectivity index is 2.41. The lowest BCUT2D eigenvalue weighted by Crippen LogP contribution is -1.87. The maximum Gasteiger partial charge on any atom is 0.143 e. The zero-order valence-electron chi connectivity index (χ0n) is 8.97. The number of rotatable bonds is 3. The number of pyridine rings is 1. The Morgan fingerprint density at radius 1 is 1.44 bits per heavy atom. The molecule has 0 radical (unpaired) electrons. The molecule has 0 saturated carbocycles. The number of hydrogen-bond donors (Lipinski definition) is 0. The van der Waals surface area contributed by atoms with Crippen LogP contribution in [0.3, 0.4) is 0 Å². The maximum atomic E-state index is 9.01. The lowest BCUT2D eigenvalue weighted by atomic mass is 10.2. The van der Waals surface area contributed by atoms with E-state index in [1.54, 1.807) is 6.20 Å². The first kappa shape index (κ1) is 10.8. The van der Waals surface area contributed by atoms with Crippen LogP contribution in [0.15, 0.2) is 24.4 Å². The molecule has 2 aromatic heterocycles. The van der Waals surface area contributed by atoms with E-state index in [1.807, 2.05) is 18.2 Å². The van der Waals surface area contributed by atoms with Gasteiger partial charge in [-0.15, -0.1) is 11.3 Å². The highest BCUT2D eigenvalue weighted by atomic mass is 32.1. The van der Waals surface area contributed by atoms with E-state index in [-0.39, 0.29) is 0 Å². The van der Waals surface area contributed by atoms with Crippen LogP contribution in [0.1, 0.15) is 23.9 Å². The molecule has 0 fully saturated rings. The molecule has 3 nitrogen and oxygen atoms in total. The Kier molecular flexibility index (Phi) is 3.28. The van der Waals surface area contributed by atoms with Gasteiger partial charge in [0.2, 0.25) is 0 Å². The molecule has 0 unspecified atom stereocenters. The molecule has 16 heavy (non-hydrogen) atoms. The van der Waals surface area contributed by atoms with Crippen molar-refractivity contribution in [1.29, 1.82) is 5.26 Å². The Labute approximate surface area is 98.4 Å². The van der Waals surface area contributed by atoms with Crippen molar-refractivity contribution in [3.8, 4) is 16.8 Å². The van der Waals surface area contributed by atoms with Crippen molar-refractivity contribution in [3.05, 3.63) is 35.0 Å². The second-order valence-electron chi connectivity index (χ2n) is 3.37. The lowest BCUT2D eigenvalue weighted by Gasteiger charge is -1.92. The van der Waals surface area contributed by atoms with Gasteiger partial charge in [-0.25, -0.2) is 4.98 Å². The van der Waals surface area contributed by atoms with Crippen molar-refractivity contribution in [1.82, 2.24) is 9.97 Å². The number of nitrogens with zero attached hydrogens (tertiary/aromatic N) is 3. The number of aromatic nitrogens is 2. The Hall–Kier alpha value is -1.73. The predicted molar refractivity (Wildman–Crippen MR) is 64.1 cm³/mol. The quantitative estimate of drug-likeness (QED) is 0.812. The van der Waals surface area contributed by atoms with Crippen LogP contribution in [-0.4, -0.2) is 9.97 Å². The summed E-state index contributed by atoms with van der Waals surface area (Å²) in [5, 5.41) is 9.84.